The summed E-state index contributed by atoms with van der Waals surface area (Å²) in [5.74, 6) is -2.52. The monoisotopic (exact) mass is 423 g/mol. The Morgan fingerprint density at radius 3 is 2.53 bits per heavy atom. The lowest BCUT2D eigenvalue weighted by Gasteiger charge is -2.26. The molecule has 0 atom stereocenters. The number of carbonyl (C=O) groups excluding carboxylic acids is 3. The van der Waals surface area contributed by atoms with Gasteiger partial charge in [0.2, 0.25) is 0 Å². The zero-order valence-electron chi connectivity index (χ0n) is 15.7. The number of halogens is 2. The summed E-state index contributed by atoms with van der Waals surface area (Å²) in [6.07, 6.45) is 3.10. The van der Waals surface area contributed by atoms with Crippen LogP contribution in [0.1, 0.15) is 11.3 Å². The normalized spacial score (nSPS) is 15.6. The van der Waals surface area contributed by atoms with Crippen molar-refractivity contribution in [3.8, 4) is 5.69 Å². The van der Waals surface area contributed by atoms with Gasteiger partial charge in [-0.25, -0.2) is 14.1 Å². The first-order valence-electron chi connectivity index (χ1n) is 8.96. The zero-order valence-corrected chi connectivity index (χ0v) is 16.5. The van der Waals surface area contributed by atoms with E-state index in [0.29, 0.717) is 15.6 Å². The van der Waals surface area contributed by atoms with E-state index in [-0.39, 0.29) is 11.3 Å². The number of nitrogens with zero attached hydrogens (tertiary/aromatic N) is 2. The molecule has 1 N–H and O–H groups in total. The third kappa shape index (κ3) is 3.40. The second-order valence-electron chi connectivity index (χ2n) is 6.65. The highest BCUT2D eigenvalue weighted by Crippen LogP contribution is 2.26. The van der Waals surface area contributed by atoms with Crippen molar-refractivity contribution in [2.24, 2.45) is 0 Å². The van der Waals surface area contributed by atoms with E-state index in [4.69, 9.17) is 11.6 Å². The van der Waals surface area contributed by atoms with E-state index in [1.807, 2.05) is 19.1 Å². The second-order valence-corrected chi connectivity index (χ2v) is 7.05. The molecule has 4 rings (SSSR count). The molecule has 0 saturated carbocycles. The van der Waals surface area contributed by atoms with Crippen molar-refractivity contribution in [2.45, 2.75) is 6.92 Å². The Bertz CT molecular complexity index is 1230. The largest absolute Gasteiger partial charge is 0.336 e. The summed E-state index contributed by atoms with van der Waals surface area (Å²) in [5.41, 5.74) is 1.62. The molecule has 2 aromatic carbocycles. The van der Waals surface area contributed by atoms with Crippen molar-refractivity contribution in [2.75, 3.05) is 4.90 Å². The second kappa shape index (κ2) is 7.61. The summed E-state index contributed by atoms with van der Waals surface area (Å²) >= 11 is 6.21. The predicted octanol–water partition coefficient (Wildman–Crippen LogP) is 4.24. The Labute approximate surface area is 176 Å². The van der Waals surface area contributed by atoms with E-state index in [1.54, 1.807) is 29.0 Å². The zero-order chi connectivity index (χ0) is 21.4. The highest BCUT2D eigenvalue weighted by Gasteiger charge is 2.38. The number of imide groups is 2. The topological polar surface area (TPSA) is 71.4 Å². The summed E-state index contributed by atoms with van der Waals surface area (Å²) in [6.45, 7) is 1.88. The van der Waals surface area contributed by atoms with Gasteiger partial charge >= 0.3 is 6.03 Å². The van der Waals surface area contributed by atoms with Crippen LogP contribution in [0.15, 0.2) is 66.4 Å². The van der Waals surface area contributed by atoms with E-state index < -0.39 is 23.7 Å². The Morgan fingerprint density at radius 1 is 1.03 bits per heavy atom. The van der Waals surface area contributed by atoms with Gasteiger partial charge in [-0.15, -0.1) is 0 Å². The van der Waals surface area contributed by atoms with Crippen LogP contribution in [0.5, 0.6) is 0 Å². The van der Waals surface area contributed by atoms with Crippen LogP contribution in [0, 0.1) is 12.7 Å². The Balaban J connectivity index is 1.77. The molecule has 0 radical (unpaired) electrons. The maximum atomic E-state index is 14.2. The number of anilines is 1. The molecule has 8 heteroatoms. The molecule has 0 unspecified atom stereocenters. The molecule has 1 aromatic heterocycles. The first-order chi connectivity index (χ1) is 14.4. The van der Waals surface area contributed by atoms with E-state index in [1.165, 1.54) is 24.3 Å². The Morgan fingerprint density at radius 2 is 1.80 bits per heavy atom. The third-order valence-corrected chi connectivity index (χ3v) is 5.11. The van der Waals surface area contributed by atoms with Gasteiger partial charge in [0.1, 0.15) is 11.4 Å². The number of hydrogen-bond donors (Lipinski definition) is 1. The van der Waals surface area contributed by atoms with Crippen molar-refractivity contribution in [3.05, 3.63) is 88.5 Å². The fourth-order valence-electron chi connectivity index (χ4n) is 3.14. The number of aromatic nitrogens is 1. The summed E-state index contributed by atoms with van der Waals surface area (Å²) < 4.78 is 15.9. The van der Waals surface area contributed by atoms with Gasteiger partial charge in [-0.2, -0.15) is 0 Å². The Kier molecular flexibility index (Phi) is 4.97. The summed E-state index contributed by atoms with van der Waals surface area (Å²) in [5, 5.41) is 2.66. The van der Waals surface area contributed by atoms with Gasteiger partial charge in [0, 0.05) is 22.6 Å². The number of aryl methyl sites for hydroxylation is 1. The van der Waals surface area contributed by atoms with Crippen molar-refractivity contribution in [1.82, 2.24) is 9.88 Å². The predicted molar refractivity (Wildman–Crippen MR) is 111 cm³/mol. The Hall–Kier alpha value is -3.71. The molecule has 0 bridgehead atoms. The standard InChI is InChI=1S/C22H15ClFN3O3/c1-13-8-9-15(12-17(13)23)26-10-4-5-14(26)11-16-20(28)25-22(30)27(21(16)29)19-7-3-2-6-18(19)24/h2-12H,1H3,(H,25,28,30)/b16-11+. The minimum absolute atomic E-state index is 0.237. The molecule has 6 nitrogen and oxygen atoms in total. The minimum atomic E-state index is -1.01. The van der Waals surface area contributed by atoms with Crippen molar-refractivity contribution < 1.29 is 18.8 Å². The van der Waals surface area contributed by atoms with Gasteiger partial charge < -0.3 is 4.57 Å². The number of nitrogens with one attached hydrogen (secondary N) is 1. The number of amides is 4. The first kappa shape index (κ1) is 19.6. The van der Waals surface area contributed by atoms with Gasteiger partial charge in [-0.1, -0.05) is 29.8 Å². The van der Waals surface area contributed by atoms with Gasteiger partial charge in [0.25, 0.3) is 11.8 Å². The lowest BCUT2D eigenvalue weighted by molar-refractivity contribution is -0.122. The van der Waals surface area contributed by atoms with Crippen LogP contribution in [0.4, 0.5) is 14.9 Å². The van der Waals surface area contributed by atoms with E-state index in [0.717, 1.165) is 17.3 Å². The van der Waals surface area contributed by atoms with Crippen LogP contribution in [0.3, 0.4) is 0 Å². The highest BCUT2D eigenvalue weighted by molar-refractivity contribution is 6.39. The molecule has 1 saturated heterocycles. The lowest BCUT2D eigenvalue weighted by Crippen LogP contribution is -2.54. The number of barbiturate groups is 1. The summed E-state index contributed by atoms with van der Waals surface area (Å²) in [7, 11) is 0. The molecular weight excluding hydrogens is 409 g/mol. The van der Waals surface area contributed by atoms with Crippen molar-refractivity contribution in [1.29, 1.82) is 0 Å². The quantitative estimate of drug-likeness (QED) is 0.506. The van der Waals surface area contributed by atoms with Crippen LogP contribution in [-0.2, 0) is 9.59 Å². The molecule has 1 aliphatic heterocycles. The van der Waals surface area contributed by atoms with E-state index >= 15 is 0 Å². The summed E-state index contributed by atoms with van der Waals surface area (Å²) in [4.78, 5) is 38.2. The van der Waals surface area contributed by atoms with Crippen LogP contribution in [0.25, 0.3) is 11.8 Å². The van der Waals surface area contributed by atoms with Crippen LogP contribution >= 0.6 is 11.6 Å². The van der Waals surface area contributed by atoms with Gasteiger partial charge in [-0.05, 0) is 55.0 Å². The molecular formula is C22H15ClFN3O3. The van der Waals surface area contributed by atoms with Gasteiger partial charge in [0.05, 0.1) is 5.69 Å². The molecule has 4 amide bonds. The first-order valence-corrected chi connectivity index (χ1v) is 9.34. The van der Waals surface area contributed by atoms with E-state index in [2.05, 4.69) is 5.32 Å². The smallest absolute Gasteiger partial charge is 0.317 e. The minimum Gasteiger partial charge on any atom is -0.317 e. The fraction of sp³-hybridized carbons (Fsp3) is 0.0455. The average molecular weight is 424 g/mol. The highest BCUT2D eigenvalue weighted by atomic mass is 35.5. The molecule has 0 aliphatic carbocycles. The number of hydrogen-bond acceptors (Lipinski definition) is 3. The SMILES string of the molecule is Cc1ccc(-n2cccc2/C=C2\C(=O)NC(=O)N(c3ccccc3F)C2=O)cc1Cl. The third-order valence-electron chi connectivity index (χ3n) is 4.70. The maximum Gasteiger partial charge on any atom is 0.336 e. The number of rotatable bonds is 3. The molecule has 30 heavy (non-hydrogen) atoms. The fourth-order valence-corrected chi connectivity index (χ4v) is 3.31. The molecule has 2 heterocycles. The number of benzene rings is 2. The molecule has 1 aliphatic rings. The van der Waals surface area contributed by atoms with Gasteiger partial charge in [0.15, 0.2) is 0 Å². The van der Waals surface area contributed by atoms with Crippen molar-refractivity contribution >= 4 is 41.2 Å². The van der Waals surface area contributed by atoms with Crippen LogP contribution in [-0.4, -0.2) is 22.4 Å². The molecule has 150 valence electrons. The maximum absolute atomic E-state index is 14.2. The van der Waals surface area contributed by atoms with Crippen LogP contribution < -0.4 is 10.2 Å². The van der Waals surface area contributed by atoms with Crippen molar-refractivity contribution in [3.63, 3.8) is 0 Å². The average Bonchev–Trinajstić information content (AvgIpc) is 3.17. The van der Waals surface area contributed by atoms with Gasteiger partial charge in [-0.3, -0.25) is 14.9 Å². The number of carbonyl (C=O) groups is 3. The van der Waals surface area contributed by atoms with Crippen LogP contribution in [0.2, 0.25) is 5.02 Å². The summed E-state index contributed by atoms with van der Waals surface area (Å²) in [6, 6.07) is 13.2. The molecule has 0 spiro atoms. The molecule has 1 fully saturated rings. The number of urea groups is 1. The molecule has 3 aromatic rings. The lowest BCUT2D eigenvalue weighted by atomic mass is 10.1. The van der Waals surface area contributed by atoms with E-state index in [9.17, 15) is 18.8 Å². The number of para-hydroxylation sites is 1.